The zero-order valence-electron chi connectivity index (χ0n) is 10.2. The van der Waals surface area contributed by atoms with E-state index >= 15 is 0 Å². The molecule has 0 saturated carbocycles. The number of hydrogen-bond donors (Lipinski definition) is 2. The van der Waals surface area contributed by atoms with Crippen molar-refractivity contribution in [3.63, 3.8) is 0 Å². The summed E-state index contributed by atoms with van der Waals surface area (Å²) < 4.78 is 1.65. The van der Waals surface area contributed by atoms with Gasteiger partial charge in [-0.1, -0.05) is 31.5 Å². The van der Waals surface area contributed by atoms with Crippen molar-refractivity contribution in [3.05, 3.63) is 23.2 Å². The number of nitrogens with two attached hydrogens (primary N) is 2. The summed E-state index contributed by atoms with van der Waals surface area (Å²) in [7, 11) is 0. The Morgan fingerprint density at radius 1 is 1.44 bits per heavy atom. The summed E-state index contributed by atoms with van der Waals surface area (Å²) >= 11 is 6.06. The smallest absolute Gasteiger partial charge is 0.240 e. The molecule has 6 heteroatoms. The molecule has 0 aliphatic rings. The molecular weight excluding hydrogens is 252 g/mol. The van der Waals surface area contributed by atoms with Crippen molar-refractivity contribution in [1.29, 1.82) is 0 Å². The number of para-hydroxylation sites is 1. The van der Waals surface area contributed by atoms with E-state index in [0.29, 0.717) is 10.5 Å². The van der Waals surface area contributed by atoms with Gasteiger partial charge in [0.25, 0.3) is 0 Å². The Balaban J connectivity index is 2.74. The first-order valence-corrected chi connectivity index (χ1v) is 6.02. The van der Waals surface area contributed by atoms with E-state index in [-0.39, 0.29) is 11.9 Å². The summed E-state index contributed by atoms with van der Waals surface area (Å²) in [6.07, 6.45) is 0. The predicted molar refractivity (Wildman–Crippen MR) is 72.2 cm³/mol. The van der Waals surface area contributed by atoms with E-state index in [1.54, 1.807) is 16.7 Å². The van der Waals surface area contributed by atoms with Gasteiger partial charge in [0, 0.05) is 0 Å². The third kappa shape index (κ3) is 1.90. The number of rotatable bonds is 3. The van der Waals surface area contributed by atoms with Crippen molar-refractivity contribution in [2.24, 2.45) is 11.7 Å². The van der Waals surface area contributed by atoms with Crippen LogP contribution in [0, 0.1) is 5.92 Å². The number of amides is 1. The van der Waals surface area contributed by atoms with Crippen molar-refractivity contribution in [2.45, 2.75) is 19.9 Å². The van der Waals surface area contributed by atoms with Crippen LogP contribution < -0.4 is 11.5 Å². The van der Waals surface area contributed by atoms with Crippen LogP contribution >= 0.6 is 11.6 Å². The largest absolute Gasteiger partial charge is 0.369 e. The van der Waals surface area contributed by atoms with Crippen molar-refractivity contribution < 1.29 is 4.79 Å². The monoisotopic (exact) mass is 266 g/mol. The summed E-state index contributed by atoms with van der Waals surface area (Å²) in [5.41, 5.74) is 12.6. The molecule has 0 radical (unpaired) electrons. The molecule has 2 aromatic rings. The molecule has 1 amide bonds. The van der Waals surface area contributed by atoms with Crippen LogP contribution in [0.5, 0.6) is 0 Å². The summed E-state index contributed by atoms with van der Waals surface area (Å²) in [6.45, 7) is 3.82. The zero-order chi connectivity index (χ0) is 13.4. The molecule has 1 aromatic carbocycles. The van der Waals surface area contributed by atoms with Crippen LogP contribution in [0.15, 0.2) is 18.2 Å². The van der Waals surface area contributed by atoms with E-state index in [9.17, 15) is 4.79 Å². The summed E-state index contributed by atoms with van der Waals surface area (Å²) in [5, 5.41) is 0.505. The zero-order valence-corrected chi connectivity index (χ0v) is 11.0. The maximum absolute atomic E-state index is 11.6. The summed E-state index contributed by atoms with van der Waals surface area (Å²) in [6, 6.07) is 4.81. The molecular formula is C12H15ClN4O. The number of carbonyl (C=O) groups excluding carboxylic acids is 1. The van der Waals surface area contributed by atoms with Crippen LogP contribution in [0.3, 0.4) is 0 Å². The number of halogens is 1. The molecule has 1 atom stereocenters. The summed E-state index contributed by atoms with van der Waals surface area (Å²) in [4.78, 5) is 15.8. The number of aromatic nitrogens is 2. The number of carbonyl (C=O) groups is 1. The van der Waals surface area contributed by atoms with Crippen LogP contribution in [0.2, 0.25) is 5.02 Å². The fraction of sp³-hybridized carbons (Fsp3) is 0.333. The molecule has 1 heterocycles. The fourth-order valence-electron chi connectivity index (χ4n) is 2.15. The number of benzene rings is 1. The van der Waals surface area contributed by atoms with Gasteiger partial charge in [-0.25, -0.2) is 4.98 Å². The Hall–Kier alpha value is -1.75. The number of hydrogen-bond acceptors (Lipinski definition) is 3. The van der Waals surface area contributed by atoms with Gasteiger partial charge in [-0.2, -0.15) is 0 Å². The van der Waals surface area contributed by atoms with E-state index in [1.807, 2.05) is 19.9 Å². The van der Waals surface area contributed by atoms with Gasteiger partial charge >= 0.3 is 0 Å². The lowest BCUT2D eigenvalue weighted by Crippen LogP contribution is -2.31. The average Bonchev–Trinajstić information content (AvgIpc) is 2.57. The van der Waals surface area contributed by atoms with E-state index in [4.69, 9.17) is 23.1 Å². The van der Waals surface area contributed by atoms with Crippen LogP contribution in [-0.4, -0.2) is 15.5 Å². The SMILES string of the molecule is CC(C)C(C(N)=O)n1c(N)nc2c(Cl)cccc21. The van der Waals surface area contributed by atoms with Crippen LogP contribution in [0.4, 0.5) is 5.95 Å². The molecule has 0 saturated heterocycles. The van der Waals surface area contributed by atoms with Gasteiger partial charge in [-0.05, 0) is 18.1 Å². The lowest BCUT2D eigenvalue weighted by atomic mass is 10.0. The van der Waals surface area contributed by atoms with Crippen molar-refractivity contribution >= 4 is 34.5 Å². The molecule has 1 aromatic heterocycles. The second-order valence-corrected chi connectivity index (χ2v) is 4.95. The third-order valence-electron chi connectivity index (χ3n) is 2.90. The number of nitrogen functional groups attached to an aromatic ring is 1. The van der Waals surface area contributed by atoms with Crippen molar-refractivity contribution in [2.75, 3.05) is 5.73 Å². The quantitative estimate of drug-likeness (QED) is 0.890. The van der Waals surface area contributed by atoms with E-state index in [2.05, 4.69) is 4.98 Å². The first-order chi connectivity index (χ1) is 8.43. The van der Waals surface area contributed by atoms with E-state index in [1.165, 1.54) is 0 Å². The van der Waals surface area contributed by atoms with Gasteiger partial charge in [0.05, 0.1) is 10.5 Å². The van der Waals surface area contributed by atoms with E-state index < -0.39 is 11.9 Å². The molecule has 0 aliphatic heterocycles. The average molecular weight is 267 g/mol. The fourth-order valence-corrected chi connectivity index (χ4v) is 2.36. The minimum absolute atomic E-state index is 0.0150. The molecule has 4 N–H and O–H groups in total. The van der Waals surface area contributed by atoms with Crippen LogP contribution in [0.25, 0.3) is 11.0 Å². The standard InChI is InChI=1S/C12H15ClN4O/c1-6(2)10(11(14)18)17-8-5-3-4-7(13)9(8)16-12(17)15/h3-6,10H,1-2H3,(H2,14,18)(H2,15,16). The Kier molecular flexibility index (Phi) is 3.17. The lowest BCUT2D eigenvalue weighted by molar-refractivity contribution is -0.122. The van der Waals surface area contributed by atoms with Gasteiger partial charge in [0.2, 0.25) is 11.9 Å². The minimum atomic E-state index is -0.534. The third-order valence-corrected chi connectivity index (χ3v) is 3.20. The number of primary amides is 1. The van der Waals surface area contributed by atoms with Gasteiger partial charge < -0.3 is 11.5 Å². The van der Waals surface area contributed by atoms with Gasteiger partial charge in [0.1, 0.15) is 11.6 Å². The summed E-state index contributed by atoms with van der Waals surface area (Å²) in [5.74, 6) is -0.173. The lowest BCUT2D eigenvalue weighted by Gasteiger charge is -2.20. The molecule has 2 rings (SSSR count). The van der Waals surface area contributed by atoms with Gasteiger partial charge in [-0.15, -0.1) is 0 Å². The predicted octanol–water partition coefficient (Wildman–Crippen LogP) is 1.95. The normalized spacial score (nSPS) is 13.1. The highest BCUT2D eigenvalue weighted by Gasteiger charge is 2.26. The Bertz CT molecular complexity index is 605. The highest BCUT2D eigenvalue weighted by atomic mass is 35.5. The second-order valence-electron chi connectivity index (χ2n) is 4.54. The number of nitrogens with zero attached hydrogens (tertiary/aromatic N) is 2. The molecule has 96 valence electrons. The first kappa shape index (κ1) is 12.7. The second kappa shape index (κ2) is 4.49. The molecule has 0 aliphatic carbocycles. The Morgan fingerprint density at radius 3 is 2.67 bits per heavy atom. The topological polar surface area (TPSA) is 86.9 Å². The van der Waals surface area contributed by atoms with Gasteiger partial charge in [0.15, 0.2) is 0 Å². The molecule has 5 nitrogen and oxygen atoms in total. The molecule has 1 unspecified atom stereocenters. The minimum Gasteiger partial charge on any atom is -0.369 e. The Morgan fingerprint density at radius 2 is 2.11 bits per heavy atom. The highest BCUT2D eigenvalue weighted by Crippen LogP contribution is 2.30. The molecule has 18 heavy (non-hydrogen) atoms. The Labute approximate surface area is 110 Å². The maximum atomic E-state index is 11.6. The number of fused-ring (bicyclic) bond motifs is 1. The highest BCUT2D eigenvalue weighted by molar-refractivity contribution is 6.35. The number of imidazole rings is 1. The maximum Gasteiger partial charge on any atom is 0.240 e. The van der Waals surface area contributed by atoms with E-state index in [0.717, 1.165) is 5.52 Å². The molecule has 0 fully saturated rings. The first-order valence-electron chi connectivity index (χ1n) is 5.64. The molecule has 0 spiro atoms. The van der Waals surface area contributed by atoms with Crippen LogP contribution in [-0.2, 0) is 4.79 Å². The number of anilines is 1. The van der Waals surface area contributed by atoms with Gasteiger partial charge in [-0.3, -0.25) is 9.36 Å². The van der Waals surface area contributed by atoms with Crippen LogP contribution in [0.1, 0.15) is 19.9 Å². The molecule has 0 bridgehead atoms. The van der Waals surface area contributed by atoms with Crippen molar-refractivity contribution in [1.82, 2.24) is 9.55 Å². The van der Waals surface area contributed by atoms with Crippen molar-refractivity contribution in [3.8, 4) is 0 Å².